The number of benzene rings is 1. The van der Waals surface area contributed by atoms with Crippen LogP contribution in [0.3, 0.4) is 0 Å². The second-order valence-electron chi connectivity index (χ2n) is 5.99. The molecule has 9 heteroatoms. The van der Waals surface area contributed by atoms with Crippen molar-refractivity contribution in [1.82, 2.24) is 0 Å². The maximum absolute atomic E-state index is 11.1. The molecular weight excluding hydrogens is 320 g/mol. The average Bonchev–Trinajstić information content (AvgIpc) is 3.09. The fourth-order valence-electron chi connectivity index (χ4n) is 2.87. The Morgan fingerprint density at radius 1 is 1.42 bits per heavy atom. The van der Waals surface area contributed by atoms with Crippen LogP contribution in [0.4, 0.5) is 11.4 Å². The van der Waals surface area contributed by atoms with Gasteiger partial charge in [0.2, 0.25) is 0 Å². The van der Waals surface area contributed by atoms with Crippen molar-refractivity contribution >= 4 is 11.4 Å². The van der Waals surface area contributed by atoms with E-state index in [2.05, 4.69) is 5.32 Å². The Hall–Kier alpha value is -1.94. The van der Waals surface area contributed by atoms with E-state index in [0.717, 1.165) is 0 Å². The molecular formula is C15H20N2O7. The van der Waals surface area contributed by atoms with Crippen LogP contribution in [0, 0.1) is 10.1 Å². The molecule has 3 rings (SSSR count). The van der Waals surface area contributed by atoms with E-state index < -0.39 is 29.3 Å². The van der Waals surface area contributed by atoms with Crippen LogP contribution in [-0.2, 0) is 9.47 Å². The molecule has 5 unspecified atom stereocenters. The van der Waals surface area contributed by atoms with Gasteiger partial charge in [-0.25, -0.2) is 0 Å². The Balaban J connectivity index is 1.74. The number of hydrogen-bond acceptors (Lipinski definition) is 8. The van der Waals surface area contributed by atoms with Gasteiger partial charge >= 0.3 is 0 Å². The highest BCUT2D eigenvalue weighted by Crippen LogP contribution is 2.33. The number of ether oxygens (including phenoxy) is 3. The van der Waals surface area contributed by atoms with Crippen LogP contribution < -0.4 is 10.1 Å². The van der Waals surface area contributed by atoms with Crippen molar-refractivity contribution < 1.29 is 29.3 Å². The number of fused-ring (bicyclic) bond motifs is 1. The number of nitrogens with zero attached hydrogens (tertiary/aromatic N) is 1. The van der Waals surface area contributed by atoms with Crippen molar-refractivity contribution in [1.29, 1.82) is 0 Å². The van der Waals surface area contributed by atoms with Gasteiger partial charge in [-0.3, -0.25) is 10.1 Å². The van der Waals surface area contributed by atoms with E-state index in [4.69, 9.17) is 14.2 Å². The van der Waals surface area contributed by atoms with Gasteiger partial charge in [-0.1, -0.05) is 0 Å². The van der Waals surface area contributed by atoms with Crippen molar-refractivity contribution in [3.05, 3.63) is 28.3 Å². The van der Waals surface area contributed by atoms with E-state index in [0.29, 0.717) is 5.75 Å². The molecule has 9 nitrogen and oxygen atoms in total. The highest BCUT2D eigenvalue weighted by atomic mass is 16.6. The van der Waals surface area contributed by atoms with Crippen LogP contribution in [0.2, 0.25) is 0 Å². The Bertz CT molecular complexity index is 609. The maximum atomic E-state index is 11.1. The molecule has 0 bridgehead atoms. The summed E-state index contributed by atoms with van der Waals surface area (Å²) < 4.78 is 16.8. The van der Waals surface area contributed by atoms with Gasteiger partial charge in [0.25, 0.3) is 5.69 Å². The van der Waals surface area contributed by atoms with Crippen LogP contribution in [-0.4, -0.2) is 65.4 Å². The van der Waals surface area contributed by atoms with E-state index in [1.54, 1.807) is 6.92 Å². The third-order valence-electron chi connectivity index (χ3n) is 4.02. The second kappa shape index (κ2) is 6.89. The lowest BCUT2D eigenvalue weighted by Crippen LogP contribution is -2.34. The topological polar surface area (TPSA) is 123 Å². The Morgan fingerprint density at radius 3 is 2.88 bits per heavy atom. The number of aliphatic hydroxyl groups excluding tert-OH is 2. The van der Waals surface area contributed by atoms with Crippen molar-refractivity contribution in [2.75, 3.05) is 25.1 Å². The van der Waals surface area contributed by atoms with Gasteiger partial charge in [-0.15, -0.1) is 0 Å². The molecule has 2 aliphatic rings. The predicted molar refractivity (Wildman–Crippen MR) is 83.2 cm³/mol. The first-order valence-electron chi connectivity index (χ1n) is 7.74. The number of nitro groups is 1. The first-order valence-corrected chi connectivity index (χ1v) is 7.74. The fraction of sp³-hybridized carbons (Fsp3) is 0.600. The Labute approximate surface area is 138 Å². The van der Waals surface area contributed by atoms with Crippen molar-refractivity contribution in [3.63, 3.8) is 0 Å². The summed E-state index contributed by atoms with van der Waals surface area (Å²) in [4.78, 5) is 10.6. The molecule has 0 aromatic heterocycles. The number of nitro benzene ring substituents is 1. The summed E-state index contributed by atoms with van der Waals surface area (Å²) in [6.45, 7) is 2.24. The third-order valence-corrected chi connectivity index (χ3v) is 4.02. The summed E-state index contributed by atoms with van der Waals surface area (Å²) >= 11 is 0. The molecule has 3 N–H and O–H groups in total. The molecule has 1 aromatic carbocycles. The lowest BCUT2D eigenvalue weighted by molar-refractivity contribution is -0.384. The molecule has 24 heavy (non-hydrogen) atoms. The number of nitrogens with one attached hydrogen (secondary N) is 1. The summed E-state index contributed by atoms with van der Waals surface area (Å²) in [5, 5.41) is 33.0. The largest absolute Gasteiger partial charge is 0.485 e. The zero-order chi connectivity index (χ0) is 17.3. The average molecular weight is 340 g/mol. The van der Waals surface area contributed by atoms with Crippen LogP contribution in [0.15, 0.2) is 18.2 Å². The molecule has 2 heterocycles. The van der Waals surface area contributed by atoms with Gasteiger partial charge in [0.05, 0.1) is 24.2 Å². The maximum Gasteiger partial charge on any atom is 0.292 e. The van der Waals surface area contributed by atoms with E-state index in [1.165, 1.54) is 18.2 Å². The molecule has 2 aliphatic heterocycles. The molecule has 0 amide bonds. The monoisotopic (exact) mass is 340 g/mol. The van der Waals surface area contributed by atoms with E-state index >= 15 is 0 Å². The summed E-state index contributed by atoms with van der Waals surface area (Å²) in [6.07, 6.45) is -2.46. The molecule has 0 saturated carbocycles. The van der Waals surface area contributed by atoms with Gasteiger partial charge in [0.15, 0.2) is 6.10 Å². The number of hydrogen-bond donors (Lipinski definition) is 3. The minimum atomic E-state index is -0.663. The molecule has 2 saturated heterocycles. The lowest BCUT2D eigenvalue weighted by Gasteiger charge is -2.18. The highest BCUT2D eigenvalue weighted by molar-refractivity contribution is 5.64. The number of aliphatic hydroxyl groups is 2. The standard InChI is InChI=1S/C15H20N2O7/c1-8(18)5-16-10-4-9(2-3-11(10)17(20)21)24-13-7-23-14-12(19)6-22-15(13)14/h2-4,8,12-16,18-19H,5-7H2,1H3. The van der Waals surface area contributed by atoms with Crippen LogP contribution in [0.5, 0.6) is 5.75 Å². The van der Waals surface area contributed by atoms with Gasteiger partial charge in [0.1, 0.15) is 29.7 Å². The van der Waals surface area contributed by atoms with Gasteiger partial charge in [-0.2, -0.15) is 0 Å². The third kappa shape index (κ3) is 3.44. The van der Waals surface area contributed by atoms with Crippen molar-refractivity contribution in [2.24, 2.45) is 0 Å². The number of rotatable bonds is 6. The smallest absolute Gasteiger partial charge is 0.292 e. The summed E-state index contributed by atoms with van der Waals surface area (Å²) in [7, 11) is 0. The zero-order valence-corrected chi connectivity index (χ0v) is 13.1. The van der Waals surface area contributed by atoms with Gasteiger partial charge < -0.3 is 29.7 Å². The summed E-state index contributed by atoms with van der Waals surface area (Å²) in [6, 6.07) is 4.36. The molecule has 132 valence electrons. The normalized spacial score (nSPS) is 30.0. The molecule has 2 fully saturated rings. The van der Waals surface area contributed by atoms with Crippen molar-refractivity contribution in [3.8, 4) is 5.75 Å². The van der Waals surface area contributed by atoms with E-state index in [9.17, 15) is 20.3 Å². The minimum absolute atomic E-state index is 0.101. The van der Waals surface area contributed by atoms with Crippen LogP contribution >= 0.6 is 0 Å². The van der Waals surface area contributed by atoms with Gasteiger partial charge in [-0.05, 0) is 13.0 Å². The van der Waals surface area contributed by atoms with Gasteiger partial charge in [0, 0.05) is 18.7 Å². The van der Waals surface area contributed by atoms with E-state index in [1.807, 2.05) is 0 Å². The second-order valence-corrected chi connectivity index (χ2v) is 5.99. The van der Waals surface area contributed by atoms with E-state index in [-0.39, 0.29) is 37.2 Å². The molecule has 0 aliphatic carbocycles. The molecule has 1 aromatic rings. The Kier molecular flexibility index (Phi) is 4.86. The summed E-state index contributed by atoms with van der Waals surface area (Å²) in [5.74, 6) is 0.424. The first-order chi connectivity index (χ1) is 11.5. The predicted octanol–water partition coefficient (Wildman–Crippen LogP) is 0.293. The Morgan fingerprint density at radius 2 is 2.17 bits per heavy atom. The first kappa shape index (κ1) is 16.9. The van der Waals surface area contributed by atoms with Crippen LogP contribution in [0.1, 0.15) is 6.92 Å². The fourth-order valence-corrected chi connectivity index (χ4v) is 2.87. The summed E-state index contributed by atoms with van der Waals surface area (Å²) in [5.41, 5.74) is 0.164. The minimum Gasteiger partial charge on any atom is -0.485 e. The molecule has 0 spiro atoms. The molecule has 0 radical (unpaired) electrons. The molecule has 5 atom stereocenters. The highest BCUT2D eigenvalue weighted by Gasteiger charge is 2.48. The quantitative estimate of drug-likeness (QED) is 0.499. The SMILES string of the molecule is CC(O)CNc1cc(OC2COC3C(O)COC23)ccc1[N+](=O)[O-]. The van der Waals surface area contributed by atoms with Crippen molar-refractivity contribution in [2.45, 2.75) is 37.4 Å². The lowest BCUT2D eigenvalue weighted by atomic mass is 10.1. The number of anilines is 1. The zero-order valence-electron chi connectivity index (χ0n) is 13.1. The van der Waals surface area contributed by atoms with Crippen LogP contribution in [0.25, 0.3) is 0 Å².